The van der Waals surface area contributed by atoms with Gasteiger partial charge in [-0.15, -0.1) is 0 Å². The van der Waals surface area contributed by atoms with Crippen molar-refractivity contribution >= 4 is 0 Å². The second-order valence-corrected chi connectivity index (χ2v) is 5.03. The molecular weight excluding hydrogens is 234 g/mol. The fourth-order valence-electron chi connectivity index (χ4n) is 2.09. The highest BCUT2D eigenvalue weighted by Gasteiger charge is 1.93. The van der Waals surface area contributed by atoms with E-state index in [1.807, 2.05) is 30.3 Å². The molecule has 1 aromatic rings. The molecule has 0 atom stereocenters. The minimum absolute atomic E-state index is 0.751. The first-order chi connectivity index (χ1) is 9.43. The van der Waals surface area contributed by atoms with E-state index in [0.717, 1.165) is 25.4 Å². The average Bonchev–Trinajstić information content (AvgIpc) is 2.46. The van der Waals surface area contributed by atoms with Crippen molar-refractivity contribution in [2.75, 3.05) is 19.7 Å². The standard InChI is InChI=1S/C17H29NO/c1-2-3-4-5-6-7-11-14-18-15-16-19-17-12-9-8-10-13-17/h8-10,12-13,18H,2-7,11,14-16H2,1H3. The molecule has 0 radical (unpaired) electrons. The van der Waals surface area contributed by atoms with Crippen molar-refractivity contribution in [1.29, 1.82) is 0 Å². The van der Waals surface area contributed by atoms with E-state index in [-0.39, 0.29) is 0 Å². The Kier molecular flexibility index (Phi) is 10.2. The summed E-state index contributed by atoms with van der Waals surface area (Å²) in [6.45, 7) is 5.07. The Hall–Kier alpha value is -1.02. The van der Waals surface area contributed by atoms with Crippen molar-refractivity contribution < 1.29 is 4.74 Å². The average molecular weight is 263 g/mol. The van der Waals surface area contributed by atoms with Crippen molar-refractivity contribution in [2.45, 2.75) is 51.9 Å². The molecule has 1 N–H and O–H groups in total. The van der Waals surface area contributed by atoms with Gasteiger partial charge in [0.25, 0.3) is 0 Å². The summed E-state index contributed by atoms with van der Waals surface area (Å²) in [5.74, 6) is 0.959. The Morgan fingerprint density at radius 2 is 1.53 bits per heavy atom. The van der Waals surface area contributed by atoms with Crippen LogP contribution in [0.2, 0.25) is 0 Å². The molecule has 1 rings (SSSR count). The summed E-state index contributed by atoms with van der Waals surface area (Å²) in [4.78, 5) is 0. The van der Waals surface area contributed by atoms with Crippen LogP contribution in [0.1, 0.15) is 51.9 Å². The van der Waals surface area contributed by atoms with Crippen LogP contribution in [0.4, 0.5) is 0 Å². The lowest BCUT2D eigenvalue weighted by Gasteiger charge is -2.07. The van der Waals surface area contributed by atoms with E-state index >= 15 is 0 Å². The molecular formula is C17H29NO. The molecule has 2 nitrogen and oxygen atoms in total. The number of nitrogens with one attached hydrogen (secondary N) is 1. The molecule has 19 heavy (non-hydrogen) atoms. The second-order valence-electron chi connectivity index (χ2n) is 5.03. The molecule has 0 bridgehead atoms. The molecule has 2 heteroatoms. The van der Waals surface area contributed by atoms with E-state index in [0.29, 0.717) is 0 Å². The summed E-state index contributed by atoms with van der Waals surface area (Å²) in [5.41, 5.74) is 0. The van der Waals surface area contributed by atoms with E-state index in [9.17, 15) is 0 Å². The van der Waals surface area contributed by atoms with Gasteiger partial charge in [0.15, 0.2) is 0 Å². The second kappa shape index (κ2) is 12.0. The maximum Gasteiger partial charge on any atom is 0.119 e. The van der Waals surface area contributed by atoms with Crippen molar-refractivity contribution in [3.05, 3.63) is 30.3 Å². The largest absolute Gasteiger partial charge is 0.492 e. The zero-order valence-corrected chi connectivity index (χ0v) is 12.4. The van der Waals surface area contributed by atoms with Crippen molar-refractivity contribution in [1.82, 2.24) is 5.32 Å². The highest BCUT2D eigenvalue weighted by atomic mass is 16.5. The number of unbranched alkanes of at least 4 members (excludes halogenated alkanes) is 6. The topological polar surface area (TPSA) is 21.3 Å². The number of benzene rings is 1. The number of ether oxygens (including phenoxy) is 1. The first-order valence-corrected chi connectivity index (χ1v) is 7.82. The predicted octanol–water partition coefficient (Wildman–Crippen LogP) is 4.41. The third kappa shape index (κ3) is 9.54. The Morgan fingerprint density at radius 1 is 0.842 bits per heavy atom. The van der Waals surface area contributed by atoms with Crippen LogP contribution in [-0.2, 0) is 0 Å². The van der Waals surface area contributed by atoms with Gasteiger partial charge in [0.2, 0.25) is 0 Å². The van der Waals surface area contributed by atoms with E-state index < -0.39 is 0 Å². The summed E-state index contributed by atoms with van der Waals surface area (Å²) >= 11 is 0. The molecule has 0 amide bonds. The number of para-hydroxylation sites is 1. The van der Waals surface area contributed by atoms with Gasteiger partial charge in [0, 0.05) is 6.54 Å². The highest BCUT2D eigenvalue weighted by molar-refractivity contribution is 5.20. The van der Waals surface area contributed by atoms with Crippen molar-refractivity contribution in [3.63, 3.8) is 0 Å². The maximum absolute atomic E-state index is 5.62. The Labute approximate surface area is 118 Å². The third-order valence-corrected chi connectivity index (χ3v) is 3.25. The van der Waals surface area contributed by atoms with Crippen molar-refractivity contribution in [2.24, 2.45) is 0 Å². The Balaban J connectivity index is 1.79. The highest BCUT2D eigenvalue weighted by Crippen LogP contribution is 2.07. The van der Waals surface area contributed by atoms with Crippen LogP contribution in [-0.4, -0.2) is 19.7 Å². The van der Waals surface area contributed by atoms with E-state index in [2.05, 4.69) is 12.2 Å². The fourth-order valence-corrected chi connectivity index (χ4v) is 2.09. The smallest absolute Gasteiger partial charge is 0.119 e. The van der Waals surface area contributed by atoms with E-state index in [1.54, 1.807) is 0 Å². The van der Waals surface area contributed by atoms with Crippen LogP contribution in [0.3, 0.4) is 0 Å². The predicted molar refractivity (Wildman–Crippen MR) is 82.8 cm³/mol. The summed E-state index contributed by atoms with van der Waals surface area (Å²) in [6, 6.07) is 10.0. The Morgan fingerprint density at radius 3 is 2.26 bits per heavy atom. The van der Waals surface area contributed by atoms with Gasteiger partial charge in [-0.2, -0.15) is 0 Å². The van der Waals surface area contributed by atoms with Crippen LogP contribution < -0.4 is 10.1 Å². The third-order valence-electron chi connectivity index (χ3n) is 3.25. The molecule has 0 heterocycles. The maximum atomic E-state index is 5.62. The monoisotopic (exact) mass is 263 g/mol. The molecule has 108 valence electrons. The van der Waals surface area contributed by atoms with Crippen molar-refractivity contribution in [3.8, 4) is 5.75 Å². The van der Waals surface area contributed by atoms with E-state index in [1.165, 1.54) is 44.9 Å². The van der Waals surface area contributed by atoms with Crippen LogP contribution in [0.25, 0.3) is 0 Å². The zero-order chi connectivity index (χ0) is 13.6. The van der Waals surface area contributed by atoms with Gasteiger partial charge in [0.1, 0.15) is 12.4 Å². The molecule has 0 saturated carbocycles. The minimum atomic E-state index is 0.751. The summed E-state index contributed by atoms with van der Waals surface area (Å²) < 4.78 is 5.62. The molecule has 0 aliphatic rings. The molecule has 0 spiro atoms. The van der Waals surface area contributed by atoms with Gasteiger partial charge < -0.3 is 10.1 Å². The summed E-state index contributed by atoms with van der Waals surface area (Å²) in [7, 11) is 0. The summed E-state index contributed by atoms with van der Waals surface area (Å²) in [5, 5.41) is 3.43. The molecule has 0 aromatic heterocycles. The summed E-state index contributed by atoms with van der Waals surface area (Å²) in [6.07, 6.45) is 9.59. The molecule has 0 aliphatic carbocycles. The van der Waals surface area contributed by atoms with E-state index in [4.69, 9.17) is 4.74 Å². The van der Waals surface area contributed by atoms with Gasteiger partial charge in [-0.05, 0) is 25.1 Å². The zero-order valence-electron chi connectivity index (χ0n) is 12.4. The lowest BCUT2D eigenvalue weighted by molar-refractivity contribution is 0.313. The van der Waals surface area contributed by atoms with Crippen LogP contribution in [0.15, 0.2) is 30.3 Å². The number of hydrogen-bond acceptors (Lipinski definition) is 2. The number of rotatable bonds is 12. The van der Waals surface area contributed by atoms with Crippen LogP contribution >= 0.6 is 0 Å². The van der Waals surface area contributed by atoms with Crippen LogP contribution in [0, 0.1) is 0 Å². The quantitative estimate of drug-likeness (QED) is 0.564. The van der Waals surface area contributed by atoms with Gasteiger partial charge in [0.05, 0.1) is 0 Å². The minimum Gasteiger partial charge on any atom is -0.492 e. The van der Waals surface area contributed by atoms with Gasteiger partial charge in [-0.1, -0.05) is 63.6 Å². The van der Waals surface area contributed by atoms with Gasteiger partial charge in [-0.25, -0.2) is 0 Å². The van der Waals surface area contributed by atoms with Gasteiger partial charge in [-0.3, -0.25) is 0 Å². The molecule has 0 aliphatic heterocycles. The first kappa shape index (κ1) is 16.0. The fraction of sp³-hybridized carbons (Fsp3) is 0.647. The van der Waals surface area contributed by atoms with Gasteiger partial charge >= 0.3 is 0 Å². The molecule has 0 saturated heterocycles. The lowest BCUT2D eigenvalue weighted by Crippen LogP contribution is -2.22. The van der Waals surface area contributed by atoms with Crippen LogP contribution in [0.5, 0.6) is 5.75 Å². The first-order valence-electron chi connectivity index (χ1n) is 7.82. The Bertz CT molecular complexity index is 287. The number of hydrogen-bond donors (Lipinski definition) is 1. The lowest BCUT2D eigenvalue weighted by atomic mass is 10.1. The molecule has 0 fully saturated rings. The SMILES string of the molecule is CCCCCCCCCNCCOc1ccccc1. The normalized spacial score (nSPS) is 10.6. The molecule has 0 unspecified atom stereocenters. The molecule has 1 aromatic carbocycles.